The molecule has 1 heterocycles. The summed E-state index contributed by atoms with van der Waals surface area (Å²) in [5.41, 5.74) is 1.74. The Labute approximate surface area is 160 Å². The van der Waals surface area contributed by atoms with Crippen LogP contribution in [0, 0.1) is 10.1 Å². The monoisotopic (exact) mass is 379 g/mol. The summed E-state index contributed by atoms with van der Waals surface area (Å²) in [7, 11) is 0. The minimum Gasteiger partial charge on any atom is -0.452 e. The first-order chi connectivity index (χ1) is 13.3. The molecule has 7 heteroatoms. The lowest BCUT2D eigenvalue weighted by atomic mass is 10.1. The van der Waals surface area contributed by atoms with Gasteiger partial charge in [0.25, 0.3) is 5.69 Å². The fourth-order valence-electron chi connectivity index (χ4n) is 2.65. The van der Waals surface area contributed by atoms with Gasteiger partial charge in [0, 0.05) is 23.3 Å². The molecule has 0 aliphatic heterocycles. The molecule has 3 rings (SSSR count). The minimum absolute atomic E-state index is 0.0166. The van der Waals surface area contributed by atoms with Gasteiger partial charge in [-0.25, -0.2) is 4.79 Å². The molecule has 0 aliphatic carbocycles. The van der Waals surface area contributed by atoms with Gasteiger partial charge in [0.05, 0.1) is 4.92 Å². The van der Waals surface area contributed by atoms with Gasteiger partial charge in [-0.3, -0.25) is 14.9 Å². The van der Waals surface area contributed by atoms with E-state index in [0.717, 1.165) is 5.56 Å². The molecule has 3 aromatic rings. The van der Waals surface area contributed by atoms with Crippen LogP contribution in [-0.4, -0.2) is 16.7 Å². The second-order valence-electron chi connectivity index (χ2n) is 6.20. The quantitative estimate of drug-likeness (QED) is 0.259. The second kappa shape index (κ2) is 7.87. The molecular weight excluding hydrogens is 362 g/mol. The number of ketones is 1. The van der Waals surface area contributed by atoms with Crippen LogP contribution in [-0.2, 0) is 4.74 Å². The van der Waals surface area contributed by atoms with Crippen molar-refractivity contribution in [1.29, 1.82) is 0 Å². The van der Waals surface area contributed by atoms with E-state index in [1.165, 1.54) is 31.2 Å². The van der Waals surface area contributed by atoms with E-state index in [-0.39, 0.29) is 17.2 Å². The van der Waals surface area contributed by atoms with Crippen LogP contribution in [0.2, 0.25) is 0 Å². The third-order valence-electron chi connectivity index (χ3n) is 4.22. The van der Waals surface area contributed by atoms with Crippen LogP contribution < -0.4 is 0 Å². The Hall–Kier alpha value is -3.74. The first-order valence-electron chi connectivity index (χ1n) is 8.51. The van der Waals surface area contributed by atoms with Crippen molar-refractivity contribution in [3.63, 3.8) is 0 Å². The van der Waals surface area contributed by atoms with E-state index >= 15 is 0 Å². The molecule has 142 valence electrons. The van der Waals surface area contributed by atoms with Crippen molar-refractivity contribution in [2.75, 3.05) is 0 Å². The third-order valence-corrected chi connectivity index (χ3v) is 4.22. The fourth-order valence-corrected chi connectivity index (χ4v) is 2.65. The molecule has 0 N–H and O–H groups in total. The zero-order valence-corrected chi connectivity index (χ0v) is 15.2. The smallest absolute Gasteiger partial charge is 0.374 e. The molecular formula is C21H17NO6. The Morgan fingerprint density at radius 3 is 2.43 bits per heavy atom. The Balaban J connectivity index is 1.72. The van der Waals surface area contributed by atoms with Gasteiger partial charge in [-0.1, -0.05) is 36.4 Å². The van der Waals surface area contributed by atoms with E-state index in [1.807, 2.05) is 0 Å². The van der Waals surface area contributed by atoms with Gasteiger partial charge in [-0.2, -0.15) is 0 Å². The maximum Gasteiger partial charge on any atom is 0.374 e. The molecule has 2 aromatic carbocycles. The molecule has 1 aromatic heterocycles. The van der Waals surface area contributed by atoms with Crippen molar-refractivity contribution < 1.29 is 23.7 Å². The molecule has 0 spiro atoms. The maximum atomic E-state index is 12.3. The minimum atomic E-state index is -0.684. The number of nitrogens with zero attached hydrogens (tertiary/aromatic N) is 1. The van der Waals surface area contributed by atoms with Gasteiger partial charge in [0.2, 0.25) is 5.76 Å². The Morgan fingerprint density at radius 1 is 1.07 bits per heavy atom. The van der Waals surface area contributed by atoms with Crippen molar-refractivity contribution in [3.05, 3.63) is 87.7 Å². The highest BCUT2D eigenvalue weighted by Gasteiger charge is 2.19. The number of benzene rings is 2. The Morgan fingerprint density at radius 2 is 1.79 bits per heavy atom. The van der Waals surface area contributed by atoms with Crippen molar-refractivity contribution >= 4 is 17.4 Å². The topological polar surface area (TPSA) is 99.7 Å². The first-order valence-corrected chi connectivity index (χ1v) is 8.51. The largest absolute Gasteiger partial charge is 0.452 e. The second-order valence-corrected chi connectivity index (χ2v) is 6.20. The number of hydrogen-bond acceptors (Lipinski definition) is 6. The van der Waals surface area contributed by atoms with Crippen LogP contribution in [0.3, 0.4) is 0 Å². The van der Waals surface area contributed by atoms with Gasteiger partial charge in [-0.15, -0.1) is 0 Å². The normalized spacial score (nSPS) is 11.6. The summed E-state index contributed by atoms with van der Waals surface area (Å²) in [4.78, 5) is 34.1. The van der Waals surface area contributed by atoms with Crippen molar-refractivity contribution in [3.8, 4) is 11.3 Å². The number of nitro benzene ring substituents is 1. The van der Waals surface area contributed by atoms with E-state index < -0.39 is 17.0 Å². The Bertz CT molecular complexity index is 1040. The van der Waals surface area contributed by atoms with Crippen LogP contribution in [0.25, 0.3) is 11.3 Å². The molecule has 7 nitrogen and oxygen atoms in total. The molecule has 28 heavy (non-hydrogen) atoms. The zero-order valence-electron chi connectivity index (χ0n) is 15.2. The summed E-state index contributed by atoms with van der Waals surface area (Å²) >= 11 is 0. The average Bonchev–Trinajstić information content (AvgIpc) is 3.18. The highest BCUT2D eigenvalue weighted by atomic mass is 16.6. The lowest BCUT2D eigenvalue weighted by molar-refractivity contribution is -0.385. The molecule has 0 aliphatic rings. The van der Waals surface area contributed by atoms with Gasteiger partial charge >= 0.3 is 5.97 Å². The SMILES string of the molecule is CC(=O)c1ccc(-c2ccc(C(=O)O[C@@H](C)c3cccc([N+](=O)[O-])c3)o2)cc1. The number of esters is 1. The maximum absolute atomic E-state index is 12.3. The molecule has 0 amide bonds. The van der Waals surface area contributed by atoms with Gasteiger partial charge in [-0.05, 0) is 31.5 Å². The van der Waals surface area contributed by atoms with E-state index in [9.17, 15) is 19.7 Å². The standard InChI is InChI=1S/C21H17NO6/c1-13(23)15-6-8-16(9-7-15)19-10-11-20(28-19)21(24)27-14(2)17-4-3-5-18(12-17)22(25)26/h3-12,14H,1-2H3/t14-/m0/s1. The number of Topliss-reactive ketones (excluding diaryl/α,β-unsaturated/α-hetero) is 1. The van der Waals surface area contributed by atoms with Gasteiger partial charge < -0.3 is 9.15 Å². The average molecular weight is 379 g/mol. The first kappa shape index (κ1) is 19.0. The lowest BCUT2D eigenvalue weighted by Gasteiger charge is -2.12. The van der Waals surface area contributed by atoms with Gasteiger partial charge in [0.1, 0.15) is 11.9 Å². The number of ether oxygens (including phenoxy) is 1. The third kappa shape index (κ3) is 4.15. The van der Waals surface area contributed by atoms with E-state index in [1.54, 1.807) is 43.3 Å². The molecule has 1 atom stereocenters. The summed E-state index contributed by atoms with van der Waals surface area (Å²) in [6.07, 6.45) is -0.684. The molecule has 0 saturated heterocycles. The number of rotatable bonds is 6. The van der Waals surface area contributed by atoms with Crippen LogP contribution in [0.5, 0.6) is 0 Å². The molecule has 0 bridgehead atoms. The summed E-state index contributed by atoms with van der Waals surface area (Å²) < 4.78 is 10.9. The van der Waals surface area contributed by atoms with Crippen LogP contribution in [0.15, 0.2) is 65.1 Å². The molecule has 0 fully saturated rings. The van der Waals surface area contributed by atoms with Gasteiger partial charge in [0.15, 0.2) is 5.78 Å². The predicted molar refractivity (Wildman–Crippen MR) is 101 cm³/mol. The van der Waals surface area contributed by atoms with E-state index in [2.05, 4.69) is 0 Å². The van der Waals surface area contributed by atoms with Crippen molar-refractivity contribution in [1.82, 2.24) is 0 Å². The van der Waals surface area contributed by atoms with E-state index in [4.69, 9.17) is 9.15 Å². The van der Waals surface area contributed by atoms with Crippen molar-refractivity contribution in [2.24, 2.45) is 0 Å². The molecule has 0 radical (unpaired) electrons. The summed E-state index contributed by atoms with van der Waals surface area (Å²) in [5, 5.41) is 10.9. The van der Waals surface area contributed by atoms with Crippen LogP contribution in [0.1, 0.15) is 46.4 Å². The number of nitro groups is 1. The van der Waals surface area contributed by atoms with Crippen LogP contribution >= 0.6 is 0 Å². The molecule has 0 unspecified atom stereocenters. The summed E-state index contributed by atoms with van der Waals surface area (Å²) in [6, 6.07) is 15.9. The Kier molecular flexibility index (Phi) is 5.35. The number of hydrogen-bond donors (Lipinski definition) is 0. The number of carbonyl (C=O) groups is 2. The fraction of sp³-hybridized carbons (Fsp3) is 0.143. The van der Waals surface area contributed by atoms with E-state index in [0.29, 0.717) is 16.9 Å². The predicted octanol–water partition coefficient (Wildman–Crippen LogP) is 4.98. The number of furan rings is 1. The summed E-state index contributed by atoms with van der Waals surface area (Å²) in [5.74, 6) is -0.232. The number of carbonyl (C=O) groups excluding carboxylic acids is 2. The van der Waals surface area contributed by atoms with Crippen molar-refractivity contribution in [2.45, 2.75) is 20.0 Å². The van der Waals surface area contributed by atoms with Crippen LogP contribution in [0.4, 0.5) is 5.69 Å². The number of non-ortho nitro benzene ring substituents is 1. The summed E-state index contributed by atoms with van der Waals surface area (Å²) in [6.45, 7) is 3.11. The molecule has 0 saturated carbocycles. The highest BCUT2D eigenvalue weighted by Crippen LogP contribution is 2.26. The highest BCUT2D eigenvalue weighted by molar-refractivity contribution is 5.94. The zero-order chi connectivity index (χ0) is 20.3. The lowest BCUT2D eigenvalue weighted by Crippen LogP contribution is -2.08.